The van der Waals surface area contributed by atoms with Gasteiger partial charge in [-0.25, -0.2) is 0 Å². The summed E-state index contributed by atoms with van der Waals surface area (Å²) < 4.78 is 85.4. The van der Waals surface area contributed by atoms with Crippen LogP contribution in [0.3, 0.4) is 0 Å². The number of carboxylic acid groups (broad SMARTS) is 2. The van der Waals surface area contributed by atoms with Gasteiger partial charge in [-0.3, -0.25) is 24.0 Å². The average Bonchev–Trinajstić information content (AvgIpc) is 3.08. The number of halogens is 6. The van der Waals surface area contributed by atoms with Crippen LogP contribution in [0.5, 0.6) is 0 Å². The van der Waals surface area contributed by atoms with Crippen LogP contribution in [0.15, 0.2) is 91.0 Å². The van der Waals surface area contributed by atoms with Gasteiger partial charge < -0.3 is 25.2 Å². The fraction of sp³-hybridized carbons (Fsp3) is 0.194. The van der Waals surface area contributed by atoms with E-state index in [1.807, 2.05) is 0 Å². The molecule has 3 N–H and O–H groups in total. The number of carbonyl (C=O) groups is 5. The number of nitrogens with zero attached hydrogens (tertiary/aromatic N) is 1. The Labute approximate surface area is 291 Å². The molecule has 16 heteroatoms. The molecule has 0 atom stereocenters. The highest BCUT2D eigenvalue weighted by atomic mass is 19.4. The number of benzene rings is 4. The van der Waals surface area contributed by atoms with E-state index >= 15 is 0 Å². The van der Waals surface area contributed by atoms with Crippen molar-refractivity contribution in [1.82, 2.24) is 4.90 Å². The lowest BCUT2D eigenvalue weighted by Gasteiger charge is -2.25. The van der Waals surface area contributed by atoms with Crippen LogP contribution in [0, 0.1) is 0 Å². The number of ether oxygens (including phenoxy) is 1. The monoisotopic (exact) mass is 730 g/mol. The lowest BCUT2D eigenvalue weighted by Crippen LogP contribution is -2.48. The third-order valence-electron chi connectivity index (χ3n) is 7.88. The summed E-state index contributed by atoms with van der Waals surface area (Å²) in [5.41, 5.74) is -6.12. The maximum absolute atomic E-state index is 13.6. The van der Waals surface area contributed by atoms with Crippen LogP contribution in [-0.4, -0.2) is 65.5 Å². The van der Waals surface area contributed by atoms with Crippen molar-refractivity contribution in [3.05, 3.63) is 124 Å². The summed E-state index contributed by atoms with van der Waals surface area (Å²) in [5, 5.41) is 22.1. The summed E-state index contributed by atoms with van der Waals surface area (Å²) in [6, 6.07) is 15.7. The van der Waals surface area contributed by atoms with Crippen molar-refractivity contribution in [2.24, 2.45) is 0 Å². The molecule has 52 heavy (non-hydrogen) atoms. The standard InChI is InChI=1S/C36H28F6N2O8/c1-44(2)31(47)27-16-20(17-29(45)52-19-34(32(48)49,33(50)51)22-6-4-3-5-7-22)8-15-28(27)43-30(46)25-14-13-24(36(40,41)42)18-26(25)21-9-11-23(12-10-21)35(37,38)39/h3-16,18H,17,19H2,1-2H3,(H,43,46)(H,48,49)(H,50,51). The second kappa shape index (κ2) is 15.0. The SMILES string of the molecule is CN(C)C(=O)c1cc(CC(=O)OCC(C(=O)O)(C(=O)O)c2ccccc2)ccc1NC(=O)c1ccc(C(F)(F)F)cc1-c1ccc(C(F)(F)F)cc1. The van der Waals surface area contributed by atoms with E-state index in [1.165, 1.54) is 62.6 Å². The van der Waals surface area contributed by atoms with Gasteiger partial charge in [0.2, 0.25) is 5.41 Å². The van der Waals surface area contributed by atoms with E-state index in [0.717, 1.165) is 23.1 Å². The fourth-order valence-electron chi connectivity index (χ4n) is 5.09. The molecule has 0 aliphatic carbocycles. The maximum Gasteiger partial charge on any atom is 0.416 e. The number of alkyl halides is 6. The first kappa shape index (κ1) is 38.6. The summed E-state index contributed by atoms with van der Waals surface area (Å²) in [4.78, 5) is 64.9. The van der Waals surface area contributed by atoms with Crippen LogP contribution in [0.4, 0.5) is 32.0 Å². The maximum atomic E-state index is 13.6. The number of hydrogen-bond acceptors (Lipinski definition) is 6. The van der Waals surface area contributed by atoms with Gasteiger partial charge in [-0.1, -0.05) is 48.5 Å². The van der Waals surface area contributed by atoms with E-state index in [4.69, 9.17) is 4.74 Å². The topological polar surface area (TPSA) is 150 Å². The Kier molecular flexibility index (Phi) is 11.1. The minimum absolute atomic E-state index is 0.115. The molecule has 0 fully saturated rings. The molecule has 0 bridgehead atoms. The van der Waals surface area contributed by atoms with E-state index in [0.29, 0.717) is 24.3 Å². The van der Waals surface area contributed by atoms with Gasteiger partial charge in [-0.15, -0.1) is 0 Å². The lowest BCUT2D eigenvalue weighted by molar-refractivity contribution is -0.164. The molecule has 4 rings (SSSR count). The highest BCUT2D eigenvalue weighted by molar-refractivity contribution is 6.12. The Bertz CT molecular complexity index is 2000. The number of carbonyl (C=O) groups excluding carboxylic acids is 3. The second-order valence-corrected chi connectivity index (χ2v) is 11.6. The summed E-state index contributed by atoms with van der Waals surface area (Å²) in [6.45, 7) is -1.08. The van der Waals surface area contributed by atoms with Gasteiger partial charge in [0.05, 0.1) is 28.8 Å². The number of aliphatic carboxylic acids is 2. The molecule has 0 spiro atoms. The number of rotatable bonds is 11. The molecule has 4 aromatic rings. The van der Waals surface area contributed by atoms with Crippen molar-refractivity contribution in [2.45, 2.75) is 24.2 Å². The largest absolute Gasteiger partial charge is 0.480 e. The van der Waals surface area contributed by atoms with E-state index in [2.05, 4.69) is 5.32 Å². The highest BCUT2D eigenvalue weighted by Gasteiger charge is 2.50. The number of esters is 1. The molecule has 0 aliphatic rings. The van der Waals surface area contributed by atoms with Crippen molar-refractivity contribution in [1.29, 1.82) is 0 Å². The Morgan fingerprint density at radius 3 is 1.81 bits per heavy atom. The summed E-state index contributed by atoms with van der Waals surface area (Å²) >= 11 is 0. The first-order valence-corrected chi connectivity index (χ1v) is 15.0. The molecule has 4 aromatic carbocycles. The van der Waals surface area contributed by atoms with E-state index < -0.39 is 71.6 Å². The minimum Gasteiger partial charge on any atom is -0.480 e. The number of anilines is 1. The van der Waals surface area contributed by atoms with Gasteiger partial charge in [0.25, 0.3) is 11.8 Å². The fourth-order valence-corrected chi connectivity index (χ4v) is 5.09. The van der Waals surface area contributed by atoms with Crippen molar-refractivity contribution in [3.8, 4) is 11.1 Å². The molecule has 0 heterocycles. The van der Waals surface area contributed by atoms with Crippen LogP contribution in [-0.2, 0) is 43.3 Å². The molecule has 272 valence electrons. The highest BCUT2D eigenvalue weighted by Crippen LogP contribution is 2.36. The first-order chi connectivity index (χ1) is 24.2. The van der Waals surface area contributed by atoms with Gasteiger partial charge in [0, 0.05) is 19.7 Å². The van der Waals surface area contributed by atoms with Crippen molar-refractivity contribution in [3.63, 3.8) is 0 Å². The predicted molar refractivity (Wildman–Crippen MR) is 172 cm³/mol. The molecule has 0 aliphatic heterocycles. The van der Waals surface area contributed by atoms with Gasteiger partial charge in [0.15, 0.2) is 0 Å². The predicted octanol–water partition coefficient (Wildman–Crippen LogP) is 6.54. The third kappa shape index (κ3) is 8.39. The van der Waals surface area contributed by atoms with Crippen molar-refractivity contribution >= 4 is 35.4 Å². The van der Waals surface area contributed by atoms with Crippen LogP contribution in [0.25, 0.3) is 11.1 Å². The summed E-state index contributed by atoms with van der Waals surface area (Å²) in [5.74, 6) is -6.35. The lowest BCUT2D eigenvalue weighted by atomic mass is 9.81. The molecule has 0 saturated heterocycles. The molecule has 0 unspecified atom stereocenters. The first-order valence-electron chi connectivity index (χ1n) is 15.0. The Morgan fingerprint density at radius 2 is 1.27 bits per heavy atom. The smallest absolute Gasteiger partial charge is 0.416 e. The van der Waals surface area contributed by atoms with E-state index in [9.17, 15) is 60.5 Å². The van der Waals surface area contributed by atoms with Gasteiger partial charge >= 0.3 is 30.3 Å². The number of carboxylic acids is 2. The Balaban J connectivity index is 1.64. The van der Waals surface area contributed by atoms with E-state index in [1.54, 1.807) is 0 Å². The Hall–Kier alpha value is -6.19. The number of nitrogens with one attached hydrogen (secondary N) is 1. The summed E-state index contributed by atoms with van der Waals surface area (Å²) in [6.07, 6.45) is -10.2. The quantitative estimate of drug-likeness (QED) is 0.0895. The number of hydrogen-bond donors (Lipinski definition) is 3. The average molecular weight is 731 g/mol. The van der Waals surface area contributed by atoms with Crippen molar-refractivity contribution in [2.75, 3.05) is 26.0 Å². The zero-order valence-electron chi connectivity index (χ0n) is 27.1. The van der Waals surface area contributed by atoms with Crippen LogP contribution < -0.4 is 5.32 Å². The number of amides is 2. The zero-order valence-corrected chi connectivity index (χ0v) is 27.1. The minimum atomic E-state index is -4.86. The van der Waals surface area contributed by atoms with Crippen LogP contribution in [0.2, 0.25) is 0 Å². The molecule has 0 radical (unpaired) electrons. The molecule has 0 saturated carbocycles. The summed E-state index contributed by atoms with van der Waals surface area (Å²) in [7, 11) is 2.74. The van der Waals surface area contributed by atoms with Crippen LogP contribution >= 0.6 is 0 Å². The Morgan fingerprint density at radius 1 is 0.692 bits per heavy atom. The van der Waals surface area contributed by atoms with E-state index in [-0.39, 0.29) is 39.1 Å². The van der Waals surface area contributed by atoms with Crippen LogP contribution in [0.1, 0.15) is 43.0 Å². The molecule has 0 aromatic heterocycles. The zero-order chi connectivity index (χ0) is 38.6. The molecule has 2 amide bonds. The van der Waals surface area contributed by atoms with Gasteiger partial charge in [-0.05, 0) is 64.7 Å². The van der Waals surface area contributed by atoms with Gasteiger partial charge in [-0.2, -0.15) is 26.3 Å². The molecular formula is C36H28F6N2O8. The second-order valence-electron chi connectivity index (χ2n) is 11.6. The van der Waals surface area contributed by atoms with Crippen molar-refractivity contribution < 1.29 is 65.3 Å². The third-order valence-corrected chi connectivity index (χ3v) is 7.88. The molecular weight excluding hydrogens is 702 g/mol. The van der Waals surface area contributed by atoms with Gasteiger partial charge in [0.1, 0.15) is 6.61 Å². The normalized spacial score (nSPS) is 11.8. The molecule has 10 nitrogen and oxygen atoms in total.